The first kappa shape index (κ1) is 15.3. The molecule has 1 aromatic heterocycles. The van der Waals surface area contributed by atoms with Crippen LogP contribution in [0, 0.1) is 5.92 Å². The van der Waals surface area contributed by atoms with Crippen LogP contribution in [-0.2, 0) is 9.53 Å². The van der Waals surface area contributed by atoms with Crippen molar-refractivity contribution in [3.63, 3.8) is 0 Å². The summed E-state index contributed by atoms with van der Waals surface area (Å²) in [5.74, 6) is 0.302. The molecular formula is C11H18N2O4. The molecule has 0 bridgehead atoms. The molecule has 0 radical (unpaired) electrons. The zero-order chi connectivity index (χ0) is 13.3. The third-order valence-electron chi connectivity index (χ3n) is 1.82. The number of aldehydes is 1. The average molecular weight is 242 g/mol. The molecule has 1 aromatic rings. The van der Waals surface area contributed by atoms with Crippen molar-refractivity contribution in [3.8, 4) is 0 Å². The summed E-state index contributed by atoms with van der Waals surface area (Å²) in [5.41, 5.74) is 0. The molecule has 1 atom stereocenters. The molecule has 0 saturated heterocycles. The minimum absolute atomic E-state index is 0.302. The molecule has 6 heteroatoms. The Labute approximate surface area is 100 Å². The summed E-state index contributed by atoms with van der Waals surface area (Å²) in [6.45, 7) is 3.92. The van der Waals surface area contributed by atoms with Gasteiger partial charge in [-0.15, -0.1) is 0 Å². The van der Waals surface area contributed by atoms with Crippen molar-refractivity contribution in [2.24, 2.45) is 5.92 Å². The molecule has 0 spiro atoms. The maximum atomic E-state index is 11.4. The summed E-state index contributed by atoms with van der Waals surface area (Å²) in [6.07, 6.45) is 4.20. The van der Waals surface area contributed by atoms with Crippen LogP contribution in [0.4, 0.5) is 4.79 Å². The predicted octanol–water partition coefficient (Wildman–Crippen LogP) is 1.09. The summed E-state index contributed by atoms with van der Waals surface area (Å²) in [5, 5.41) is 7.00. The highest BCUT2D eigenvalue weighted by Crippen LogP contribution is 2.07. The van der Waals surface area contributed by atoms with Crippen LogP contribution in [-0.4, -0.2) is 40.3 Å². The Bertz CT molecular complexity index is 322. The Morgan fingerprint density at radius 1 is 1.53 bits per heavy atom. The number of aliphatic hydroxyl groups excluding tert-OH is 1. The van der Waals surface area contributed by atoms with Gasteiger partial charge in [0, 0.05) is 19.5 Å². The van der Waals surface area contributed by atoms with Crippen molar-refractivity contribution in [1.29, 1.82) is 0 Å². The van der Waals surface area contributed by atoms with E-state index in [0.717, 1.165) is 7.11 Å². The number of nitrogens with zero attached hydrogens (tertiary/aromatic N) is 2. The molecule has 0 fully saturated rings. The van der Waals surface area contributed by atoms with Crippen LogP contribution >= 0.6 is 0 Å². The number of ether oxygens (including phenoxy) is 1. The van der Waals surface area contributed by atoms with Gasteiger partial charge in [-0.2, -0.15) is 0 Å². The first-order valence-electron chi connectivity index (χ1n) is 5.22. The van der Waals surface area contributed by atoms with Gasteiger partial charge in [-0.3, -0.25) is 4.79 Å². The largest absolute Gasteiger partial charge is 0.438 e. The maximum Gasteiger partial charge on any atom is 0.419 e. The highest BCUT2D eigenvalue weighted by Gasteiger charge is 2.15. The Kier molecular flexibility index (Phi) is 7.62. The van der Waals surface area contributed by atoms with Crippen LogP contribution in [0.1, 0.15) is 20.3 Å². The van der Waals surface area contributed by atoms with E-state index in [9.17, 15) is 9.59 Å². The second-order valence-electron chi connectivity index (χ2n) is 3.66. The van der Waals surface area contributed by atoms with Crippen LogP contribution in [0.3, 0.4) is 0 Å². The van der Waals surface area contributed by atoms with Crippen molar-refractivity contribution in [3.05, 3.63) is 18.7 Å². The van der Waals surface area contributed by atoms with E-state index in [0.29, 0.717) is 18.6 Å². The standard InChI is InChI=1S/C10H14N2O3.CH4O/c1-8(2)5-9(6-13)15-10(14)12-4-3-11-7-12;1-2/h3-4,6-9H,5H2,1-2H3;2H,1H3. The minimum atomic E-state index is -0.681. The van der Waals surface area contributed by atoms with E-state index in [2.05, 4.69) is 4.98 Å². The number of hydrogen-bond acceptors (Lipinski definition) is 5. The first-order valence-corrected chi connectivity index (χ1v) is 5.22. The Balaban J connectivity index is 0.00000121. The molecule has 1 heterocycles. The van der Waals surface area contributed by atoms with Gasteiger partial charge in [0.25, 0.3) is 0 Å². The normalized spacial score (nSPS) is 11.4. The van der Waals surface area contributed by atoms with Gasteiger partial charge in [-0.25, -0.2) is 14.3 Å². The zero-order valence-electron chi connectivity index (χ0n) is 10.2. The minimum Gasteiger partial charge on any atom is -0.438 e. The lowest BCUT2D eigenvalue weighted by molar-refractivity contribution is -0.115. The number of carbonyl (C=O) groups excluding carboxylic acids is 2. The molecule has 0 aliphatic carbocycles. The molecule has 96 valence electrons. The van der Waals surface area contributed by atoms with Crippen LogP contribution in [0.2, 0.25) is 0 Å². The number of aliphatic hydroxyl groups is 1. The first-order chi connectivity index (χ1) is 8.13. The molecule has 0 aliphatic rings. The van der Waals surface area contributed by atoms with Gasteiger partial charge in [0.05, 0.1) is 0 Å². The lowest BCUT2D eigenvalue weighted by atomic mass is 10.1. The molecule has 1 N–H and O–H groups in total. The molecule has 17 heavy (non-hydrogen) atoms. The van der Waals surface area contributed by atoms with Crippen molar-refractivity contribution < 1.29 is 19.4 Å². The molecule has 0 saturated carbocycles. The van der Waals surface area contributed by atoms with Gasteiger partial charge in [0.15, 0.2) is 12.4 Å². The number of carbonyl (C=O) groups is 2. The van der Waals surface area contributed by atoms with Gasteiger partial charge in [0.2, 0.25) is 0 Å². The van der Waals surface area contributed by atoms with Crippen molar-refractivity contribution >= 4 is 12.4 Å². The highest BCUT2D eigenvalue weighted by atomic mass is 16.6. The summed E-state index contributed by atoms with van der Waals surface area (Å²) < 4.78 is 6.16. The second kappa shape index (κ2) is 8.46. The average Bonchev–Trinajstić information content (AvgIpc) is 2.83. The molecule has 1 unspecified atom stereocenters. The van der Waals surface area contributed by atoms with Gasteiger partial charge >= 0.3 is 6.09 Å². The Morgan fingerprint density at radius 2 is 2.18 bits per heavy atom. The molecule has 0 aliphatic heterocycles. The fraction of sp³-hybridized carbons (Fsp3) is 0.545. The number of hydrogen-bond donors (Lipinski definition) is 1. The number of aromatic nitrogens is 2. The summed E-state index contributed by atoms with van der Waals surface area (Å²) >= 11 is 0. The Hall–Kier alpha value is -1.69. The Morgan fingerprint density at radius 3 is 2.59 bits per heavy atom. The van der Waals surface area contributed by atoms with E-state index in [1.54, 1.807) is 0 Å². The lowest BCUT2D eigenvalue weighted by Gasteiger charge is -2.13. The fourth-order valence-electron chi connectivity index (χ4n) is 1.15. The summed E-state index contributed by atoms with van der Waals surface area (Å²) in [7, 11) is 1.00. The van der Waals surface area contributed by atoms with Crippen molar-refractivity contribution in [2.75, 3.05) is 7.11 Å². The summed E-state index contributed by atoms with van der Waals surface area (Å²) in [4.78, 5) is 25.8. The quantitative estimate of drug-likeness (QED) is 0.799. The van der Waals surface area contributed by atoms with Gasteiger partial charge < -0.3 is 9.84 Å². The molecular weight excluding hydrogens is 224 g/mol. The van der Waals surface area contributed by atoms with Crippen LogP contribution in [0.25, 0.3) is 0 Å². The zero-order valence-corrected chi connectivity index (χ0v) is 10.2. The van der Waals surface area contributed by atoms with Crippen molar-refractivity contribution in [1.82, 2.24) is 9.55 Å². The third-order valence-corrected chi connectivity index (χ3v) is 1.82. The van der Waals surface area contributed by atoms with E-state index in [4.69, 9.17) is 9.84 Å². The van der Waals surface area contributed by atoms with E-state index in [1.165, 1.54) is 23.3 Å². The fourth-order valence-corrected chi connectivity index (χ4v) is 1.15. The smallest absolute Gasteiger partial charge is 0.419 e. The van der Waals surface area contributed by atoms with Crippen LogP contribution in [0.15, 0.2) is 18.7 Å². The monoisotopic (exact) mass is 242 g/mol. The SMILES string of the molecule is CC(C)CC(C=O)OC(=O)n1ccnc1.CO. The highest BCUT2D eigenvalue weighted by molar-refractivity contribution is 5.73. The maximum absolute atomic E-state index is 11.4. The van der Waals surface area contributed by atoms with Crippen molar-refractivity contribution in [2.45, 2.75) is 26.4 Å². The predicted molar refractivity (Wildman–Crippen MR) is 61.6 cm³/mol. The van der Waals surface area contributed by atoms with Crippen LogP contribution in [0.5, 0.6) is 0 Å². The molecule has 1 rings (SSSR count). The van der Waals surface area contributed by atoms with E-state index >= 15 is 0 Å². The van der Waals surface area contributed by atoms with E-state index < -0.39 is 12.2 Å². The van der Waals surface area contributed by atoms with E-state index in [-0.39, 0.29) is 0 Å². The van der Waals surface area contributed by atoms with Crippen LogP contribution < -0.4 is 0 Å². The lowest BCUT2D eigenvalue weighted by Crippen LogP contribution is -2.24. The topological polar surface area (TPSA) is 81.4 Å². The molecule has 0 amide bonds. The number of rotatable bonds is 4. The third kappa shape index (κ3) is 5.82. The molecule has 6 nitrogen and oxygen atoms in total. The summed E-state index contributed by atoms with van der Waals surface area (Å²) in [6, 6.07) is 0. The van der Waals surface area contributed by atoms with Gasteiger partial charge in [-0.1, -0.05) is 13.8 Å². The van der Waals surface area contributed by atoms with Gasteiger partial charge in [0.1, 0.15) is 6.33 Å². The second-order valence-corrected chi connectivity index (χ2v) is 3.66. The van der Waals surface area contributed by atoms with Gasteiger partial charge in [-0.05, 0) is 12.3 Å². The molecule has 0 aromatic carbocycles. The number of imidazole rings is 1. The van der Waals surface area contributed by atoms with E-state index in [1.807, 2.05) is 13.8 Å².